The molecule has 0 atom stereocenters. The average molecular weight is 406 g/mol. The lowest BCUT2D eigenvalue weighted by molar-refractivity contribution is -0.119. The summed E-state index contributed by atoms with van der Waals surface area (Å²) in [6, 6.07) is 19.0. The molecule has 30 heavy (non-hydrogen) atoms. The van der Waals surface area contributed by atoms with Crippen molar-refractivity contribution in [2.24, 2.45) is 0 Å². The molecule has 1 heterocycles. The highest BCUT2D eigenvalue weighted by Gasteiger charge is 2.18. The lowest BCUT2D eigenvalue weighted by Crippen LogP contribution is -2.21. The molecule has 6 heteroatoms. The SMILES string of the molecule is CCOc1ccccc1NC(=O)COC(=O)c1cc(C)n(Cc2ccccc2)c1C. The number of esters is 1. The smallest absolute Gasteiger partial charge is 0.340 e. The summed E-state index contributed by atoms with van der Waals surface area (Å²) in [5.41, 5.74) is 3.92. The highest BCUT2D eigenvalue weighted by atomic mass is 16.5. The fourth-order valence-electron chi connectivity index (χ4n) is 3.26. The van der Waals surface area contributed by atoms with Gasteiger partial charge in [-0.05, 0) is 44.5 Å². The first kappa shape index (κ1) is 21.2. The Bertz CT molecular complexity index is 1020. The molecule has 3 aromatic rings. The van der Waals surface area contributed by atoms with Crippen LogP contribution in [0, 0.1) is 13.8 Å². The molecule has 0 radical (unpaired) electrons. The van der Waals surface area contributed by atoms with Gasteiger partial charge in [-0.2, -0.15) is 0 Å². The van der Waals surface area contributed by atoms with Crippen molar-refractivity contribution in [3.63, 3.8) is 0 Å². The molecule has 2 aromatic carbocycles. The number of anilines is 1. The summed E-state index contributed by atoms with van der Waals surface area (Å²) >= 11 is 0. The van der Waals surface area contributed by atoms with Gasteiger partial charge in [0.1, 0.15) is 5.75 Å². The third-order valence-corrected chi connectivity index (χ3v) is 4.77. The van der Waals surface area contributed by atoms with Gasteiger partial charge in [-0.25, -0.2) is 4.79 Å². The van der Waals surface area contributed by atoms with Gasteiger partial charge in [-0.3, -0.25) is 4.79 Å². The summed E-state index contributed by atoms with van der Waals surface area (Å²) in [7, 11) is 0. The third kappa shape index (κ3) is 5.08. The Labute approximate surface area is 176 Å². The first-order chi connectivity index (χ1) is 14.5. The minimum atomic E-state index is -0.518. The molecule has 0 fully saturated rings. The minimum Gasteiger partial charge on any atom is -0.492 e. The third-order valence-electron chi connectivity index (χ3n) is 4.77. The van der Waals surface area contributed by atoms with Crippen LogP contribution in [0.2, 0.25) is 0 Å². The zero-order valence-corrected chi connectivity index (χ0v) is 17.5. The van der Waals surface area contributed by atoms with E-state index in [-0.39, 0.29) is 6.61 Å². The monoisotopic (exact) mass is 406 g/mol. The molecule has 0 saturated carbocycles. The largest absolute Gasteiger partial charge is 0.492 e. The van der Waals surface area contributed by atoms with Crippen LogP contribution in [0.15, 0.2) is 60.7 Å². The molecular formula is C24H26N2O4. The molecule has 0 aliphatic heterocycles. The predicted octanol–water partition coefficient (Wildman–Crippen LogP) is 4.35. The Balaban J connectivity index is 1.63. The topological polar surface area (TPSA) is 69.6 Å². The first-order valence-corrected chi connectivity index (χ1v) is 9.89. The van der Waals surface area contributed by atoms with Crippen LogP contribution in [0.25, 0.3) is 0 Å². The molecule has 0 saturated heterocycles. The first-order valence-electron chi connectivity index (χ1n) is 9.89. The maximum Gasteiger partial charge on any atom is 0.340 e. The van der Waals surface area contributed by atoms with Crippen molar-refractivity contribution in [3.8, 4) is 5.75 Å². The number of ether oxygens (including phenoxy) is 2. The van der Waals surface area contributed by atoms with E-state index in [0.717, 1.165) is 17.0 Å². The average Bonchev–Trinajstić information content (AvgIpc) is 3.03. The van der Waals surface area contributed by atoms with E-state index in [4.69, 9.17) is 9.47 Å². The van der Waals surface area contributed by atoms with Gasteiger partial charge in [-0.1, -0.05) is 42.5 Å². The normalized spacial score (nSPS) is 10.5. The van der Waals surface area contributed by atoms with Crippen LogP contribution in [0.3, 0.4) is 0 Å². The molecule has 0 bridgehead atoms. The highest BCUT2D eigenvalue weighted by Crippen LogP contribution is 2.23. The number of carbonyl (C=O) groups excluding carboxylic acids is 2. The Morgan fingerprint density at radius 1 is 1.00 bits per heavy atom. The molecule has 1 aromatic heterocycles. The molecule has 0 aliphatic carbocycles. The van der Waals surface area contributed by atoms with E-state index in [0.29, 0.717) is 30.2 Å². The summed E-state index contributed by atoms with van der Waals surface area (Å²) in [5, 5.41) is 2.72. The van der Waals surface area contributed by atoms with Gasteiger partial charge >= 0.3 is 5.97 Å². The van der Waals surface area contributed by atoms with Gasteiger partial charge in [0.15, 0.2) is 6.61 Å². The van der Waals surface area contributed by atoms with Crippen LogP contribution in [0.5, 0.6) is 5.75 Å². The molecule has 0 aliphatic rings. The molecule has 0 unspecified atom stereocenters. The lowest BCUT2D eigenvalue weighted by atomic mass is 10.2. The van der Waals surface area contributed by atoms with Crippen molar-refractivity contribution in [3.05, 3.63) is 83.2 Å². The maximum absolute atomic E-state index is 12.6. The van der Waals surface area contributed by atoms with Crippen LogP contribution in [-0.2, 0) is 16.1 Å². The Morgan fingerprint density at radius 3 is 2.43 bits per heavy atom. The van der Waals surface area contributed by atoms with Crippen molar-refractivity contribution >= 4 is 17.6 Å². The zero-order valence-electron chi connectivity index (χ0n) is 17.5. The number of hydrogen-bond donors (Lipinski definition) is 1. The van der Waals surface area contributed by atoms with Crippen molar-refractivity contribution in [1.82, 2.24) is 4.57 Å². The van der Waals surface area contributed by atoms with E-state index < -0.39 is 11.9 Å². The number of aromatic nitrogens is 1. The van der Waals surface area contributed by atoms with Crippen LogP contribution in [0.1, 0.15) is 34.2 Å². The molecular weight excluding hydrogens is 380 g/mol. The van der Waals surface area contributed by atoms with Gasteiger partial charge in [-0.15, -0.1) is 0 Å². The molecule has 3 rings (SSSR count). The van der Waals surface area contributed by atoms with E-state index >= 15 is 0 Å². The number of amides is 1. The van der Waals surface area contributed by atoms with Crippen LogP contribution < -0.4 is 10.1 Å². The Hall–Kier alpha value is -3.54. The fraction of sp³-hybridized carbons (Fsp3) is 0.250. The number of nitrogens with one attached hydrogen (secondary N) is 1. The van der Waals surface area contributed by atoms with Gasteiger partial charge in [0.2, 0.25) is 0 Å². The van der Waals surface area contributed by atoms with E-state index in [9.17, 15) is 9.59 Å². The second-order valence-corrected chi connectivity index (χ2v) is 6.91. The van der Waals surface area contributed by atoms with E-state index in [1.54, 1.807) is 24.3 Å². The summed E-state index contributed by atoms with van der Waals surface area (Å²) in [5.74, 6) is -0.367. The number of carbonyl (C=O) groups is 2. The van der Waals surface area contributed by atoms with Crippen molar-refractivity contribution < 1.29 is 19.1 Å². The summed E-state index contributed by atoms with van der Waals surface area (Å²) in [6.45, 7) is 6.48. The van der Waals surface area contributed by atoms with Crippen molar-refractivity contribution in [2.45, 2.75) is 27.3 Å². The summed E-state index contributed by atoms with van der Waals surface area (Å²) < 4.78 is 12.8. The van der Waals surface area contributed by atoms with E-state index in [2.05, 4.69) is 9.88 Å². The van der Waals surface area contributed by atoms with Gasteiger partial charge in [0.25, 0.3) is 5.91 Å². The summed E-state index contributed by atoms with van der Waals surface area (Å²) in [4.78, 5) is 24.8. The van der Waals surface area contributed by atoms with Crippen molar-refractivity contribution in [2.75, 3.05) is 18.5 Å². The standard InChI is InChI=1S/C24H26N2O4/c1-4-29-22-13-9-8-12-21(22)25-23(27)16-30-24(28)20-14-17(2)26(18(20)3)15-19-10-6-5-7-11-19/h5-14H,4,15-16H2,1-3H3,(H,25,27). The number of para-hydroxylation sites is 2. The zero-order chi connectivity index (χ0) is 21.5. The van der Waals surface area contributed by atoms with E-state index in [1.807, 2.05) is 57.2 Å². The Morgan fingerprint density at radius 2 is 1.70 bits per heavy atom. The van der Waals surface area contributed by atoms with E-state index in [1.165, 1.54) is 0 Å². The number of nitrogens with zero attached hydrogens (tertiary/aromatic N) is 1. The number of aryl methyl sites for hydroxylation is 1. The van der Waals surface area contributed by atoms with Gasteiger partial charge in [0, 0.05) is 17.9 Å². The van der Waals surface area contributed by atoms with Crippen LogP contribution in [0.4, 0.5) is 5.69 Å². The number of rotatable bonds is 8. The van der Waals surface area contributed by atoms with Gasteiger partial charge < -0.3 is 19.4 Å². The Kier molecular flexibility index (Phi) is 6.91. The number of hydrogen-bond acceptors (Lipinski definition) is 4. The number of benzene rings is 2. The molecule has 6 nitrogen and oxygen atoms in total. The quantitative estimate of drug-likeness (QED) is 0.565. The van der Waals surface area contributed by atoms with Crippen LogP contribution >= 0.6 is 0 Å². The van der Waals surface area contributed by atoms with Crippen molar-refractivity contribution in [1.29, 1.82) is 0 Å². The van der Waals surface area contributed by atoms with Crippen LogP contribution in [-0.4, -0.2) is 29.7 Å². The molecule has 1 amide bonds. The predicted molar refractivity (Wildman–Crippen MR) is 116 cm³/mol. The molecule has 156 valence electrons. The summed E-state index contributed by atoms with van der Waals surface area (Å²) in [6.07, 6.45) is 0. The fourth-order valence-corrected chi connectivity index (χ4v) is 3.26. The lowest BCUT2D eigenvalue weighted by Gasteiger charge is -2.12. The van der Waals surface area contributed by atoms with Gasteiger partial charge in [0.05, 0.1) is 17.9 Å². The maximum atomic E-state index is 12.6. The highest BCUT2D eigenvalue weighted by molar-refractivity contribution is 5.96. The molecule has 0 spiro atoms. The molecule has 1 N–H and O–H groups in total. The second-order valence-electron chi connectivity index (χ2n) is 6.91. The minimum absolute atomic E-state index is 0.373. The second kappa shape index (κ2) is 9.78.